The zero-order valence-corrected chi connectivity index (χ0v) is 11.9. The van der Waals surface area contributed by atoms with Crippen molar-refractivity contribution in [1.29, 1.82) is 0 Å². The van der Waals surface area contributed by atoms with Crippen LogP contribution in [0.2, 0.25) is 0 Å². The van der Waals surface area contributed by atoms with Gasteiger partial charge in [-0.1, -0.05) is 13.8 Å². The average Bonchev–Trinajstić information content (AvgIpc) is 2.92. The van der Waals surface area contributed by atoms with E-state index in [0.29, 0.717) is 18.7 Å². The number of rotatable bonds is 5. The van der Waals surface area contributed by atoms with Crippen LogP contribution in [0.15, 0.2) is 35.0 Å². The van der Waals surface area contributed by atoms with E-state index < -0.39 is 17.8 Å². The highest BCUT2D eigenvalue weighted by Crippen LogP contribution is 2.36. The van der Waals surface area contributed by atoms with Crippen molar-refractivity contribution < 1.29 is 17.6 Å². The number of aromatic nitrogens is 1. The minimum atomic E-state index is -4.42. The van der Waals surface area contributed by atoms with Crippen molar-refractivity contribution in [3.8, 4) is 0 Å². The topological polar surface area (TPSA) is 38.1 Å². The van der Waals surface area contributed by atoms with Gasteiger partial charge in [0.2, 0.25) is 0 Å². The molecule has 6 heteroatoms. The third-order valence-corrected chi connectivity index (χ3v) is 3.19. The Balaban J connectivity index is 2.48. The van der Waals surface area contributed by atoms with Crippen LogP contribution >= 0.6 is 0 Å². The fourth-order valence-corrected chi connectivity index (χ4v) is 2.20. The molecule has 0 bridgehead atoms. The summed E-state index contributed by atoms with van der Waals surface area (Å²) in [5, 5.41) is 3.03. The van der Waals surface area contributed by atoms with Gasteiger partial charge in [-0.3, -0.25) is 4.98 Å². The second kappa shape index (κ2) is 6.30. The Labute approximate surface area is 121 Å². The molecular weight excluding hydrogens is 281 g/mol. The Hall–Kier alpha value is -1.82. The van der Waals surface area contributed by atoms with Gasteiger partial charge in [0, 0.05) is 24.4 Å². The van der Waals surface area contributed by atoms with Gasteiger partial charge in [0.25, 0.3) is 0 Å². The van der Waals surface area contributed by atoms with Crippen molar-refractivity contribution in [1.82, 2.24) is 10.3 Å². The zero-order valence-electron chi connectivity index (χ0n) is 11.9. The summed E-state index contributed by atoms with van der Waals surface area (Å²) >= 11 is 0. The molecule has 1 N–H and O–H groups in total. The molecule has 3 nitrogen and oxygen atoms in total. The summed E-state index contributed by atoms with van der Waals surface area (Å²) in [7, 11) is 0. The summed E-state index contributed by atoms with van der Waals surface area (Å²) in [6.45, 7) is 4.27. The van der Waals surface area contributed by atoms with Gasteiger partial charge < -0.3 is 9.73 Å². The summed E-state index contributed by atoms with van der Waals surface area (Å²) < 4.78 is 45.1. The van der Waals surface area contributed by atoms with Crippen LogP contribution in [-0.2, 0) is 12.6 Å². The molecule has 0 saturated carbocycles. The molecule has 21 heavy (non-hydrogen) atoms. The van der Waals surface area contributed by atoms with Crippen LogP contribution in [0.1, 0.15) is 42.5 Å². The molecule has 0 amide bonds. The first-order valence-electron chi connectivity index (χ1n) is 6.80. The van der Waals surface area contributed by atoms with E-state index in [0.717, 1.165) is 18.0 Å². The van der Waals surface area contributed by atoms with Crippen LogP contribution in [0.3, 0.4) is 0 Å². The zero-order chi connectivity index (χ0) is 15.5. The van der Waals surface area contributed by atoms with Crippen LogP contribution < -0.4 is 5.32 Å². The van der Waals surface area contributed by atoms with Gasteiger partial charge in [0.05, 0.1) is 11.6 Å². The van der Waals surface area contributed by atoms with Gasteiger partial charge in [-0.15, -0.1) is 0 Å². The van der Waals surface area contributed by atoms with Gasteiger partial charge in [-0.05, 0) is 24.7 Å². The molecular formula is C15H17F3N2O. The monoisotopic (exact) mass is 298 g/mol. The number of aryl methyl sites for hydroxylation is 1. The van der Waals surface area contributed by atoms with E-state index in [2.05, 4.69) is 10.3 Å². The lowest BCUT2D eigenvalue weighted by molar-refractivity contribution is -0.138. The molecule has 2 heterocycles. The first-order chi connectivity index (χ1) is 9.97. The summed E-state index contributed by atoms with van der Waals surface area (Å²) in [6, 6.07) is 3.81. The molecule has 1 unspecified atom stereocenters. The van der Waals surface area contributed by atoms with Crippen molar-refractivity contribution in [2.24, 2.45) is 0 Å². The molecule has 0 aliphatic carbocycles. The Morgan fingerprint density at radius 1 is 1.24 bits per heavy atom. The van der Waals surface area contributed by atoms with Crippen LogP contribution in [0.4, 0.5) is 13.2 Å². The maximum Gasteiger partial charge on any atom is 0.416 e. The number of halogens is 3. The molecule has 2 rings (SSSR count). The van der Waals surface area contributed by atoms with E-state index >= 15 is 0 Å². The Bertz CT molecular complexity index is 593. The number of furan rings is 1. The third-order valence-electron chi connectivity index (χ3n) is 3.19. The average molecular weight is 298 g/mol. The standard InChI is InChI=1S/C15H17F3N2O/c1-3-10-5-6-13(21-10)14(20-4-2)11-9-19-8-7-12(11)15(16,17)18/h5-9,14,20H,3-4H2,1-2H3. The molecule has 0 aliphatic rings. The molecule has 0 saturated heterocycles. The fourth-order valence-electron chi connectivity index (χ4n) is 2.20. The van der Waals surface area contributed by atoms with E-state index in [1.54, 1.807) is 12.1 Å². The maximum absolute atomic E-state index is 13.1. The number of hydrogen-bond donors (Lipinski definition) is 1. The van der Waals surface area contributed by atoms with Gasteiger partial charge in [0.15, 0.2) is 0 Å². The molecule has 0 fully saturated rings. The second-order valence-electron chi connectivity index (χ2n) is 4.61. The smallest absolute Gasteiger partial charge is 0.416 e. The lowest BCUT2D eigenvalue weighted by Gasteiger charge is -2.20. The highest BCUT2D eigenvalue weighted by molar-refractivity contribution is 5.34. The lowest BCUT2D eigenvalue weighted by Crippen LogP contribution is -2.25. The van der Waals surface area contributed by atoms with E-state index in [1.807, 2.05) is 13.8 Å². The van der Waals surface area contributed by atoms with Gasteiger partial charge in [-0.25, -0.2) is 0 Å². The quantitative estimate of drug-likeness (QED) is 0.908. The van der Waals surface area contributed by atoms with E-state index in [-0.39, 0.29) is 5.56 Å². The molecule has 0 aromatic carbocycles. The number of nitrogens with one attached hydrogen (secondary N) is 1. The van der Waals surface area contributed by atoms with Crippen LogP contribution in [0.25, 0.3) is 0 Å². The Morgan fingerprint density at radius 2 is 2.00 bits per heavy atom. The number of alkyl halides is 3. The largest absolute Gasteiger partial charge is 0.464 e. The first-order valence-corrected chi connectivity index (χ1v) is 6.80. The third kappa shape index (κ3) is 3.44. The van der Waals surface area contributed by atoms with Gasteiger partial charge in [0.1, 0.15) is 11.5 Å². The summed E-state index contributed by atoms with van der Waals surface area (Å²) in [5.74, 6) is 1.21. The summed E-state index contributed by atoms with van der Waals surface area (Å²) in [5.41, 5.74) is -0.623. The van der Waals surface area contributed by atoms with Crippen molar-refractivity contribution in [2.75, 3.05) is 6.54 Å². The predicted octanol–water partition coefficient (Wildman–Crippen LogP) is 3.95. The highest BCUT2D eigenvalue weighted by atomic mass is 19.4. The molecule has 0 aliphatic heterocycles. The van der Waals surface area contributed by atoms with E-state index in [4.69, 9.17) is 4.42 Å². The Kier molecular flexibility index (Phi) is 4.67. The first kappa shape index (κ1) is 15.6. The number of hydrogen-bond acceptors (Lipinski definition) is 3. The molecule has 2 aromatic rings. The molecule has 0 spiro atoms. The van der Waals surface area contributed by atoms with Crippen molar-refractivity contribution >= 4 is 0 Å². The molecule has 0 radical (unpaired) electrons. The molecule has 1 atom stereocenters. The van der Waals surface area contributed by atoms with Crippen LogP contribution in [-0.4, -0.2) is 11.5 Å². The van der Waals surface area contributed by atoms with Gasteiger partial charge in [-0.2, -0.15) is 13.2 Å². The minimum Gasteiger partial charge on any atom is -0.464 e. The van der Waals surface area contributed by atoms with Crippen molar-refractivity contribution in [2.45, 2.75) is 32.5 Å². The van der Waals surface area contributed by atoms with Crippen molar-refractivity contribution in [3.63, 3.8) is 0 Å². The normalized spacial score (nSPS) is 13.4. The van der Waals surface area contributed by atoms with E-state index in [1.165, 1.54) is 6.20 Å². The van der Waals surface area contributed by atoms with Crippen LogP contribution in [0.5, 0.6) is 0 Å². The van der Waals surface area contributed by atoms with E-state index in [9.17, 15) is 13.2 Å². The Morgan fingerprint density at radius 3 is 2.57 bits per heavy atom. The molecule has 2 aromatic heterocycles. The fraction of sp³-hybridized carbons (Fsp3) is 0.400. The SMILES string of the molecule is CCNC(c1ccc(CC)o1)c1cnccc1C(F)(F)F. The van der Waals surface area contributed by atoms with Crippen molar-refractivity contribution in [3.05, 3.63) is 53.2 Å². The van der Waals surface area contributed by atoms with Gasteiger partial charge >= 0.3 is 6.18 Å². The number of nitrogens with zero attached hydrogens (tertiary/aromatic N) is 1. The van der Waals surface area contributed by atoms with Crippen LogP contribution in [0, 0.1) is 0 Å². The summed E-state index contributed by atoms with van der Waals surface area (Å²) in [4.78, 5) is 3.83. The number of pyridine rings is 1. The predicted molar refractivity (Wildman–Crippen MR) is 72.8 cm³/mol. The second-order valence-corrected chi connectivity index (χ2v) is 4.61. The highest BCUT2D eigenvalue weighted by Gasteiger charge is 2.36. The maximum atomic E-state index is 13.1. The lowest BCUT2D eigenvalue weighted by atomic mass is 10.0. The molecule has 114 valence electrons. The minimum absolute atomic E-state index is 0.0730. The summed E-state index contributed by atoms with van der Waals surface area (Å²) in [6.07, 6.45) is -1.34.